The summed E-state index contributed by atoms with van der Waals surface area (Å²) in [4.78, 5) is 24.3. The van der Waals surface area contributed by atoms with Crippen molar-refractivity contribution in [3.8, 4) is 0 Å². The van der Waals surface area contributed by atoms with E-state index in [-0.39, 0.29) is 25.2 Å². The van der Waals surface area contributed by atoms with Crippen LogP contribution in [0.4, 0.5) is 0 Å². The largest absolute Gasteiger partial charge is 0.462 e. The third-order valence-corrected chi connectivity index (χ3v) is 9.00. The molecule has 1 N–H and O–H groups in total. The van der Waals surface area contributed by atoms with Crippen molar-refractivity contribution in [2.45, 2.75) is 219 Å². The first-order chi connectivity index (χ1) is 23.1. The predicted octanol–water partition coefficient (Wildman–Crippen LogP) is 12.7. The number of esters is 2. The highest BCUT2D eigenvalue weighted by Crippen LogP contribution is 2.15. The average molecular weight is 663 g/mol. The van der Waals surface area contributed by atoms with Crippen molar-refractivity contribution in [2.24, 2.45) is 0 Å². The molecule has 5 nitrogen and oxygen atoms in total. The van der Waals surface area contributed by atoms with Crippen LogP contribution in [0.2, 0.25) is 0 Å². The quantitative estimate of drug-likeness (QED) is 0.0407. The molecule has 276 valence electrons. The van der Waals surface area contributed by atoms with Gasteiger partial charge in [0.25, 0.3) is 0 Å². The number of aliphatic hydroxyl groups is 1. The Kier molecular flexibility index (Phi) is 37.5. The molecule has 1 unspecified atom stereocenters. The summed E-state index contributed by atoms with van der Waals surface area (Å²) in [5, 5.41) is 9.55. The summed E-state index contributed by atoms with van der Waals surface area (Å²) in [6, 6.07) is 0. The number of ether oxygens (including phenoxy) is 2. The summed E-state index contributed by atoms with van der Waals surface area (Å²) in [5.74, 6) is -0.598. The highest BCUT2D eigenvalue weighted by Gasteiger charge is 2.16. The van der Waals surface area contributed by atoms with E-state index in [0.29, 0.717) is 12.8 Å². The van der Waals surface area contributed by atoms with Gasteiger partial charge in [0.2, 0.25) is 0 Å². The number of hydrogen-bond donors (Lipinski definition) is 1. The summed E-state index contributed by atoms with van der Waals surface area (Å²) >= 11 is 0. The van der Waals surface area contributed by atoms with Gasteiger partial charge >= 0.3 is 11.9 Å². The minimum Gasteiger partial charge on any atom is -0.462 e. The lowest BCUT2D eigenvalue weighted by Crippen LogP contribution is -2.28. The first-order valence-corrected chi connectivity index (χ1v) is 20.4. The Morgan fingerprint density at radius 2 is 0.851 bits per heavy atom. The average Bonchev–Trinajstić information content (AvgIpc) is 3.07. The van der Waals surface area contributed by atoms with Gasteiger partial charge in [-0.2, -0.15) is 0 Å². The summed E-state index contributed by atoms with van der Waals surface area (Å²) in [7, 11) is 0. The number of rotatable bonds is 37. The molecule has 0 spiro atoms. The maximum Gasteiger partial charge on any atom is 0.306 e. The Morgan fingerprint density at radius 1 is 0.489 bits per heavy atom. The molecule has 0 aromatic rings. The van der Waals surface area contributed by atoms with E-state index in [2.05, 4.69) is 38.2 Å². The Labute approximate surface area is 292 Å². The van der Waals surface area contributed by atoms with Crippen LogP contribution in [0.1, 0.15) is 213 Å². The van der Waals surface area contributed by atoms with Gasteiger partial charge in [0, 0.05) is 12.8 Å². The van der Waals surface area contributed by atoms with E-state index in [1.54, 1.807) is 0 Å². The second-order valence-corrected chi connectivity index (χ2v) is 13.7. The summed E-state index contributed by atoms with van der Waals surface area (Å²) in [6.45, 7) is 4.12. The topological polar surface area (TPSA) is 72.8 Å². The van der Waals surface area contributed by atoms with E-state index in [1.807, 2.05) is 0 Å². The van der Waals surface area contributed by atoms with Gasteiger partial charge in [-0.25, -0.2) is 0 Å². The normalized spacial score (nSPS) is 12.3. The molecular formula is C42H78O5. The molecule has 0 saturated heterocycles. The van der Waals surface area contributed by atoms with Crippen molar-refractivity contribution in [1.82, 2.24) is 0 Å². The Balaban J connectivity index is 3.54. The van der Waals surface area contributed by atoms with E-state index >= 15 is 0 Å². The lowest BCUT2D eigenvalue weighted by Gasteiger charge is -2.15. The second-order valence-electron chi connectivity index (χ2n) is 13.7. The van der Waals surface area contributed by atoms with E-state index in [4.69, 9.17) is 9.47 Å². The SMILES string of the molecule is CCCCCC/C=C\C/C=C\CCCCCCCC(=O)OC(CO)COC(=O)CCCCCCCCCCCCCCCCCCC. The molecule has 0 radical (unpaired) electrons. The molecule has 0 amide bonds. The van der Waals surface area contributed by atoms with Gasteiger partial charge in [0.05, 0.1) is 6.61 Å². The van der Waals surface area contributed by atoms with Gasteiger partial charge in [-0.05, 0) is 44.9 Å². The lowest BCUT2D eigenvalue weighted by molar-refractivity contribution is -0.161. The van der Waals surface area contributed by atoms with Crippen LogP contribution in [-0.2, 0) is 19.1 Å². The van der Waals surface area contributed by atoms with Crippen LogP contribution in [0.25, 0.3) is 0 Å². The number of carbonyl (C=O) groups excluding carboxylic acids is 2. The zero-order chi connectivity index (χ0) is 34.3. The van der Waals surface area contributed by atoms with E-state index in [1.165, 1.54) is 135 Å². The predicted molar refractivity (Wildman–Crippen MR) is 201 cm³/mol. The maximum absolute atomic E-state index is 12.2. The fourth-order valence-electron chi connectivity index (χ4n) is 5.88. The summed E-state index contributed by atoms with van der Waals surface area (Å²) in [6.07, 6.45) is 45.2. The summed E-state index contributed by atoms with van der Waals surface area (Å²) < 4.78 is 10.6. The molecule has 0 bridgehead atoms. The van der Waals surface area contributed by atoms with Crippen LogP contribution in [0, 0.1) is 0 Å². The molecule has 1 atom stereocenters. The molecule has 0 aliphatic heterocycles. The zero-order valence-electron chi connectivity index (χ0n) is 31.3. The lowest BCUT2D eigenvalue weighted by atomic mass is 10.0. The van der Waals surface area contributed by atoms with Crippen LogP contribution < -0.4 is 0 Å². The monoisotopic (exact) mass is 663 g/mol. The van der Waals surface area contributed by atoms with Gasteiger partial charge in [-0.15, -0.1) is 0 Å². The molecule has 47 heavy (non-hydrogen) atoms. The molecule has 0 heterocycles. The molecule has 5 heteroatoms. The van der Waals surface area contributed by atoms with E-state index in [0.717, 1.165) is 51.4 Å². The van der Waals surface area contributed by atoms with Crippen molar-refractivity contribution in [3.63, 3.8) is 0 Å². The smallest absolute Gasteiger partial charge is 0.306 e. The number of allylic oxidation sites excluding steroid dienone is 4. The number of aliphatic hydroxyl groups excluding tert-OH is 1. The van der Waals surface area contributed by atoms with Crippen molar-refractivity contribution in [3.05, 3.63) is 24.3 Å². The van der Waals surface area contributed by atoms with Crippen LogP contribution in [0.5, 0.6) is 0 Å². The minimum atomic E-state index is -0.773. The Morgan fingerprint density at radius 3 is 1.28 bits per heavy atom. The molecule has 0 aromatic carbocycles. The number of hydrogen-bond acceptors (Lipinski definition) is 5. The van der Waals surface area contributed by atoms with Gasteiger partial charge < -0.3 is 14.6 Å². The minimum absolute atomic E-state index is 0.0672. The molecule has 0 aromatic heterocycles. The fourth-order valence-corrected chi connectivity index (χ4v) is 5.88. The highest BCUT2D eigenvalue weighted by atomic mass is 16.6. The molecular weight excluding hydrogens is 584 g/mol. The Bertz CT molecular complexity index is 716. The molecule has 0 aliphatic rings. The maximum atomic E-state index is 12.2. The summed E-state index contributed by atoms with van der Waals surface area (Å²) in [5.41, 5.74) is 0. The second kappa shape index (κ2) is 38.8. The van der Waals surface area contributed by atoms with Gasteiger partial charge in [0.1, 0.15) is 6.61 Å². The fraction of sp³-hybridized carbons (Fsp3) is 0.857. The first-order valence-electron chi connectivity index (χ1n) is 20.4. The molecule has 0 saturated carbocycles. The molecule has 0 fully saturated rings. The van der Waals surface area contributed by atoms with Gasteiger partial charge in [-0.1, -0.05) is 179 Å². The van der Waals surface area contributed by atoms with E-state index < -0.39 is 6.10 Å². The standard InChI is InChI=1S/C42H78O5/c1-3-5-7-9-11-13-15-17-19-21-23-24-26-28-30-32-34-36-41(44)46-39-40(38-43)47-42(45)37-35-33-31-29-27-25-22-20-18-16-14-12-10-8-6-4-2/h14,16,20,22,40,43H,3-13,15,17-19,21,23-39H2,1-2H3/b16-14-,22-20-. The third-order valence-electron chi connectivity index (χ3n) is 9.00. The van der Waals surface area contributed by atoms with Crippen molar-refractivity contribution in [1.29, 1.82) is 0 Å². The van der Waals surface area contributed by atoms with Crippen molar-refractivity contribution in [2.75, 3.05) is 13.2 Å². The van der Waals surface area contributed by atoms with Crippen LogP contribution in [0.3, 0.4) is 0 Å². The van der Waals surface area contributed by atoms with Crippen molar-refractivity contribution < 1.29 is 24.2 Å². The molecule has 0 aliphatic carbocycles. The van der Waals surface area contributed by atoms with Gasteiger partial charge in [-0.3, -0.25) is 9.59 Å². The highest BCUT2D eigenvalue weighted by molar-refractivity contribution is 5.70. The van der Waals surface area contributed by atoms with Crippen molar-refractivity contribution >= 4 is 11.9 Å². The Hall–Kier alpha value is -1.62. The first kappa shape index (κ1) is 45.4. The van der Waals surface area contributed by atoms with Crippen LogP contribution >= 0.6 is 0 Å². The number of unbranched alkanes of at least 4 members (excludes halogenated alkanes) is 25. The van der Waals surface area contributed by atoms with Crippen LogP contribution in [0.15, 0.2) is 24.3 Å². The van der Waals surface area contributed by atoms with E-state index in [9.17, 15) is 14.7 Å². The third kappa shape index (κ3) is 37.1. The number of carbonyl (C=O) groups is 2. The molecule has 0 rings (SSSR count). The van der Waals surface area contributed by atoms with Crippen LogP contribution in [-0.4, -0.2) is 36.4 Å². The zero-order valence-corrected chi connectivity index (χ0v) is 31.3. The van der Waals surface area contributed by atoms with Gasteiger partial charge in [0.15, 0.2) is 6.10 Å².